The van der Waals surface area contributed by atoms with Crippen molar-refractivity contribution in [3.05, 3.63) is 0 Å². The molecule has 0 bridgehead atoms. The Labute approximate surface area is 96.9 Å². The van der Waals surface area contributed by atoms with Gasteiger partial charge in [-0.1, -0.05) is 0 Å². The van der Waals surface area contributed by atoms with Crippen LogP contribution < -0.4 is 4.72 Å². The van der Waals surface area contributed by atoms with E-state index in [0.29, 0.717) is 6.54 Å². The predicted molar refractivity (Wildman–Crippen MR) is 65.7 cm³/mol. The van der Waals surface area contributed by atoms with Crippen LogP contribution in [0.25, 0.3) is 0 Å². The van der Waals surface area contributed by atoms with Crippen molar-refractivity contribution >= 4 is 21.8 Å². The van der Waals surface area contributed by atoms with Crippen LogP contribution in [-0.4, -0.2) is 42.9 Å². The highest BCUT2D eigenvalue weighted by Gasteiger charge is 2.27. The molecule has 0 aliphatic rings. The molecule has 0 radical (unpaired) electrons. The Bertz CT molecular complexity index is 257. The predicted octanol–water partition coefficient (Wildman–Crippen LogP) is 0.820. The van der Waals surface area contributed by atoms with Gasteiger partial charge in [0.15, 0.2) is 0 Å². The van der Waals surface area contributed by atoms with E-state index in [2.05, 4.69) is 4.72 Å². The molecule has 0 aliphatic carbocycles. The first-order valence-electron chi connectivity index (χ1n) is 4.99. The molecule has 0 aromatic carbocycles. The lowest BCUT2D eigenvalue weighted by atomic mass is 10.3. The third-order valence-electron chi connectivity index (χ3n) is 1.79. The summed E-state index contributed by atoms with van der Waals surface area (Å²) in [7, 11) is -3.20. The van der Waals surface area contributed by atoms with Gasteiger partial charge in [-0.05, 0) is 32.9 Å². The summed E-state index contributed by atoms with van der Waals surface area (Å²) >= 11 is 1.64. The first kappa shape index (κ1) is 15.2. The van der Waals surface area contributed by atoms with Crippen molar-refractivity contribution in [3.63, 3.8) is 0 Å². The molecule has 2 N–H and O–H groups in total. The average molecular weight is 255 g/mol. The Morgan fingerprint density at radius 3 is 2.33 bits per heavy atom. The molecule has 0 amide bonds. The number of sulfonamides is 1. The fraction of sp³-hybridized carbons (Fsp3) is 1.00. The molecule has 6 heteroatoms. The lowest BCUT2D eigenvalue weighted by Gasteiger charge is -2.19. The monoisotopic (exact) mass is 255 g/mol. The number of thioether (sulfide) groups is 1. The van der Waals surface area contributed by atoms with E-state index in [4.69, 9.17) is 5.11 Å². The van der Waals surface area contributed by atoms with E-state index < -0.39 is 14.8 Å². The van der Waals surface area contributed by atoms with Crippen LogP contribution in [0.1, 0.15) is 27.2 Å². The van der Waals surface area contributed by atoms with Gasteiger partial charge < -0.3 is 5.11 Å². The maximum atomic E-state index is 11.6. The summed E-state index contributed by atoms with van der Waals surface area (Å²) in [6.45, 7) is 5.67. The molecule has 0 atom stereocenters. The molecular weight excluding hydrogens is 234 g/mol. The minimum absolute atomic E-state index is 0.195. The summed E-state index contributed by atoms with van der Waals surface area (Å²) in [5.74, 6) is 1.61. The molecule has 0 saturated heterocycles. The topological polar surface area (TPSA) is 66.4 Å². The van der Waals surface area contributed by atoms with Gasteiger partial charge in [-0.25, -0.2) is 13.1 Å². The van der Waals surface area contributed by atoms with Crippen molar-refractivity contribution in [3.8, 4) is 0 Å². The van der Waals surface area contributed by atoms with Gasteiger partial charge in [0.2, 0.25) is 10.0 Å². The van der Waals surface area contributed by atoms with Crippen LogP contribution in [0.5, 0.6) is 0 Å². The standard InChI is InChI=1S/C9H21NO3S2/c1-9(2,3)15(12,13)10-5-8-14-7-4-6-11/h10-11H,4-8H2,1-3H3. The molecular formula is C9H21NO3S2. The van der Waals surface area contributed by atoms with Gasteiger partial charge in [-0.3, -0.25) is 0 Å². The summed E-state index contributed by atoms with van der Waals surface area (Å²) in [4.78, 5) is 0. The number of nitrogens with one attached hydrogen (secondary N) is 1. The third-order valence-corrected chi connectivity index (χ3v) is 5.06. The minimum atomic E-state index is -3.20. The van der Waals surface area contributed by atoms with Gasteiger partial charge in [0.05, 0.1) is 4.75 Å². The van der Waals surface area contributed by atoms with Crippen LogP contribution in [0.15, 0.2) is 0 Å². The lowest BCUT2D eigenvalue weighted by Crippen LogP contribution is -2.40. The molecule has 0 unspecified atom stereocenters. The van der Waals surface area contributed by atoms with Crippen molar-refractivity contribution in [2.45, 2.75) is 31.9 Å². The summed E-state index contributed by atoms with van der Waals surface area (Å²) in [6, 6.07) is 0. The quantitative estimate of drug-likeness (QED) is 0.661. The largest absolute Gasteiger partial charge is 0.396 e. The molecule has 0 aromatic heterocycles. The first-order valence-corrected chi connectivity index (χ1v) is 7.63. The molecule has 0 aliphatic heterocycles. The van der Waals surface area contributed by atoms with Crippen LogP contribution in [0.4, 0.5) is 0 Å². The second kappa shape index (κ2) is 6.73. The van der Waals surface area contributed by atoms with Crippen LogP contribution in [0.3, 0.4) is 0 Å². The first-order chi connectivity index (χ1) is 6.81. The number of hydrogen-bond acceptors (Lipinski definition) is 4. The summed E-state index contributed by atoms with van der Waals surface area (Å²) in [5.41, 5.74) is 0. The van der Waals surface area contributed by atoms with E-state index in [1.165, 1.54) is 0 Å². The Kier molecular flexibility index (Phi) is 6.83. The normalized spacial score (nSPS) is 13.1. The maximum Gasteiger partial charge on any atom is 0.216 e. The third kappa shape index (κ3) is 6.40. The second-order valence-corrected chi connectivity index (χ2v) is 7.94. The van der Waals surface area contributed by atoms with Gasteiger partial charge in [-0.15, -0.1) is 0 Å². The fourth-order valence-corrected chi connectivity index (χ4v) is 2.45. The summed E-state index contributed by atoms with van der Waals surface area (Å²) in [6.07, 6.45) is 0.761. The molecule has 15 heavy (non-hydrogen) atoms. The van der Waals surface area contributed by atoms with Crippen molar-refractivity contribution in [2.75, 3.05) is 24.7 Å². The van der Waals surface area contributed by atoms with E-state index in [1.54, 1.807) is 32.5 Å². The van der Waals surface area contributed by atoms with Crippen LogP contribution >= 0.6 is 11.8 Å². The highest BCUT2D eigenvalue weighted by molar-refractivity contribution is 7.99. The smallest absolute Gasteiger partial charge is 0.216 e. The molecule has 0 spiro atoms. The van der Waals surface area contributed by atoms with E-state index in [9.17, 15) is 8.42 Å². The number of hydrogen-bond donors (Lipinski definition) is 2. The van der Waals surface area contributed by atoms with Gasteiger partial charge in [0.1, 0.15) is 0 Å². The molecule has 0 heterocycles. The molecule has 0 aromatic rings. The zero-order valence-electron chi connectivity index (χ0n) is 9.62. The van der Waals surface area contributed by atoms with Gasteiger partial charge in [0, 0.05) is 18.9 Å². The zero-order chi connectivity index (χ0) is 11.9. The maximum absolute atomic E-state index is 11.6. The van der Waals surface area contributed by atoms with E-state index in [1.807, 2.05) is 0 Å². The molecule has 0 saturated carbocycles. The van der Waals surface area contributed by atoms with Gasteiger partial charge in [-0.2, -0.15) is 11.8 Å². The number of aliphatic hydroxyl groups excluding tert-OH is 1. The van der Waals surface area contributed by atoms with Crippen LogP contribution in [0, 0.1) is 0 Å². The highest BCUT2D eigenvalue weighted by atomic mass is 32.2. The Morgan fingerprint density at radius 2 is 1.87 bits per heavy atom. The number of aliphatic hydroxyl groups is 1. The second-order valence-electron chi connectivity index (χ2n) is 4.20. The Morgan fingerprint density at radius 1 is 1.27 bits per heavy atom. The lowest BCUT2D eigenvalue weighted by molar-refractivity contribution is 0.296. The summed E-state index contributed by atoms with van der Waals surface area (Å²) in [5, 5.41) is 8.53. The Balaban J connectivity index is 3.69. The fourth-order valence-electron chi connectivity index (χ4n) is 0.733. The molecule has 92 valence electrons. The Hall–Kier alpha value is 0.220. The van der Waals surface area contributed by atoms with Crippen molar-refractivity contribution in [1.82, 2.24) is 4.72 Å². The summed E-state index contributed by atoms with van der Waals surface area (Å²) < 4.78 is 25.0. The van der Waals surface area contributed by atoms with E-state index in [0.717, 1.165) is 17.9 Å². The molecule has 4 nitrogen and oxygen atoms in total. The average Bonchev–Trinajstić information content (AvgIpc) is 2.09. The van der Waals surface area contributed by atoms with Crippen molar-refractivity contribution in [1.29, 1.82) is 0 Å². The molecule has 0 rings (SSSR count). The van der Waals surface area contributed by atoms with Gasteiger partial charge >= 0.3 is 0 Å². The van der Waals surface area contributed by atoms with Crippen LogP contribution in [-0.2, 0) is 10.0 Å². The highest BCUT2D eigenvalue weighted by Crippen LogP contribution is 2.12. The SMILES string of the molecule is CC(C)(C)S(=O)(=O)NCCSCCCO. The van der Waals surface area contributed by atoms with Crippen LogP contribution in [0.2, 0.25) is 0 Å². The zero-order valence-corrected chi connectivity index (χ0v) is 11.2. The molecule has 0 fully saturated rings. The number of rotatable bonds is 7. The van der Waals surface area contributed by atoms with E-state index >= 15 is 0 Å². The van der Waals surface area contributed by atoms with E-state index in [-0.39, 0.29) is 6.61 Å². The van der Waals surface area contributed by atoms with Crippen molar-refractivity contribution in [2.24, 2.45) is 0 Å². The van der Waals surface area contributed by atoms with Crippen molar-refractivity contribution < 1.29 is 13.5 Å². The minimum Gasteiger partial charge on any atom is -0.396 e. The van der Waals surface area contributed by atoms with Gasteiger partial charge in [0.25, 0.3) is 0 Å².